The normalized spacial score (nSPS) is 21.4. The van der Waals surface area contributed by atoms with Gasteiger partial charge in [-0.3, -0.25) is 0 Å². The summed E-state index contributed by atoms with van der Waals surface area (Å²) in [7, 11) is 2.17. The molecule has 0 saturated carbocycles. The van der Waals surface area contributed by atoms with E-state index in [1.807, 2.05) is 0 Å². The fraction of sp³-hybridized carbons (Fsp3) is 0.750. The number of fused-ring (bicyclic) bond motifs is 1. The molecule has 0 amide bonds. The Hall–Kier alpha value is -1.45. The zero-order chi connectivity index (χ0) is 17.3. The Kier molecular flexibility index (Phi) is 4.93. The third-order valence-corrected chi connectivity index (χ3v) is 5.89. The first-order valence-corrected chi connectivity index (χ1v) is 9.69. The molecule has 0 aliphatic carbocycles. The molecule has 0 aromatic carbocycles. The lowest BCUT2D eigenvalue weighted by Gasteiger charge is -2.36. The molecule has 4 heteroatoms. The van der Waals surface area contributed by atoms with Crippen molar-refractivity contribution in [3.8, 4) is 0 Å². The highest BCUT2D eigenvalue weighted by molar-refractivity contribution is 5.74. The zero-order valence-corrected chi connectivity index (χ0v) is 16.2. The van der Waals surface area contributed by atoms with E-state index in [9.17, 15) is 0 Å². The van der Waals surface area contributed by atoms with Gasteiger partial charge in [-0.05, 0) is 49.7 Å². The lowest BCUT2D eigenvalue weighted by atomic mass is 9.90. The number of hydrogen-bond donors (Lipinski definition) is 0. The molecule has 0 bridgehead atoms. The topological polar surface area (TPSA) is 22.6 Å². The van der Waals surface area contributed by atoms with E-state index in [-0.39, 0.29) is 0 Å². The Labute approximate surface area is 147 Å². The van der Waals surface area contributed by atoms with Gasteiger partial charge >= 0.3 is 0 Å². The van der Waals surface area contributed by atoms with Gasteiger partial charge in [-0.1, -0.05) is 27.7 Å². The van der Waals surface area contributed by atoms with Crippen LogP contribution < -0.4 is 14.7 Å². The van der Waals surface area contributed by atoms with E-state index in [4.69, 9.17) is 4.98 Å². The standard InChI is InChI=1S/C20H34N4/c1-6-16-10-8-9-13-24(16)18-12-11-17-19(21-18)22(5)15-23(17)14-20(3,4)7-2/h11-12,16H,6-10,13-15H2,1-5H3. The summed E-state index contributed by atoms with van der Waals surface area (Å²) in [6.45, 7) is 12.5. The van der Waals surface area contributed by atoms with Crippen LogP contribution in [0.25, 0.3) is 0 Å². The number of nitrogens with zero attached hydrogens (tertiary/aromatic N) is 4. The Balaban J connectivity index is 1.84. The van der Waals surface area contributed by atoms with Gasteiger partial charge in [-0.25, -0.2) is 4.98 Å². The van der Waals surface area contributed by atoms with Crippen molar-refractivity contribution in [3.05, 3.63) is 12.1 Å². The summed E-state index contributed by atoms with van der Waals surface area (Å²) in [5, 5.41) is 0. The van der Waals surface area contributed by atoms with E-state index in [0.717, 1.165) is 25.6 Å². The van der Waals surface area contributed by atoms with Gasteiger partial charge in [0.1, 0.15) is 5.82 Å². The molecule has 0 spiro atoms. The minimum atomic E-state index is 0.335. The Morgan fingerprint density at radius 3 is 2.71 bits per heavy atom. The number of pyridine rings is 1. The monoisotopic (exact) mass is 330 g/mol. The smallest absolute Gasteiger partial charge is 0.155 e. The van der Waals surface area contributed by atoms with Gasteiger partial charge in [-0.15, -0.1) is 0 Å². The molecule has 24 heavy (non-hydrogen) atoms. The fourth-order valence-electron chi connectivity index (χ4n) is 4.01. The van der Waals surface area contributed by atoms with Crippen molar-refractivity contribution in [3.63, 3.8) is 0 Å². The number of piperidine rings is 1. The second-order valence-corrected chi connectivity index (χ2v) is 8.32. The first-order chi connectivity index (χ1) is 11.4. The molecular formula is C20H34N4. The van der Waals surface area contributed by atoms with Crippen molar-refractivity contribution >= 4 is 17.3 Å². The van der Waals surface area contributed by atoms with Crippen LogP contribution in [-0.2, 0) is 0 Å². The van der Waals surface area contributed by atoms with Crippen LogP contribution in [0.2, 0.25) is 0 Å². The first-order valence-electron chi connectivity index (χ1n) is 9.69. The van der Waals surface area contributed by atoms with E-state index in [1.54, 1.807) is 0 Å². The second-order valence-electron chi connectivity index (χ2n) is 8.32. The fourth-order valence-corrected chi connectivity index (χ4v) is 4.01. The van der Waals surface area contributed by atoms with Crippen LogP contribution >= 0.6 is 0 Å². The summed E-state index contributed by atoms with van der Waals surface area (Å²) in [6, 6.07) is 5.21. The quantitative estimate of drug-likeness (QED) is 0.793. The molecule has 3 rings (SSSR count). The highest BCUT2D eigenvalue weighted by atomic mass is 15.4. The number of aromatic nitrogens is 1. The van der Waals surface area contributed by atoms with Gasteiger partial charge in [0.15, 0.2) is 5.82 Å². The molecule has 1 unspecified atom stereocenters. The molecule has 134 valence electrons. The molecular weight excluding hydrogens is 296 g/mol. The van der Waals surface area contributed by atoms with Crippen LogP contribution in [0.4, 0.5) is 17.3 Å². The third-order valence-electron chi connectivity index (χ3n) is 5.89. The van der Waals surface area contributed by atoms with Gasteiger partial charge in [0.25, 0.3) is 0 Å². The first kappa shape index (κ1) is 17.4. The van der Waals surface area contributed by atoms with E-state index in [1.165, 1.54) is 43.6 Å². The van der Waals surface area contributed by atoms with Crippen LogP contribution in [0.3, 0.4) is 0 Å². The zero-order valence-electron chi connectivity index (χ0n) is 16.2. The molecule has 1 atom stereocenters. The molecule has 0 N–H and O–H groups in total. The van der Waals surface area contributed by atoms with Crippen LogP contribution in [-0.4, -0.2) is 37.8 Å². The van der Waals surface area contributed by atoms with Crippen molar-refractivity contribution in [1.82, 2.24) is 4.98 Å². The highest BCUT2D eigenvalue weighted by Crippen LogP contribution is 2.38. The second kappa shape index (κ2) is 6.81. The van der Waals surface area contributed by atoms with Crippen LogP contribution in [0, 0.1) is 5.41 Å². The summed E-state index contributed by atoms with van der Waals surface area (Å²) >= 11 is 0. The minimum Gasteiger partial charge on any atom is -0.354 e. The molecule has 1 aromatic rings. The van der Waals surface area contributed by atoms with Crippen LogP contribution in [0.15, 0.2) is 12.1 Å². The molecule has 1 saturated heterocycles. The van der Waals surface area contributed by atoms with Crippen molar-refractivity contribution in [2.24, 2.45) is 5.41 Å². The van der Waals surface area contributed by atoms with Gasteiger partial charge in [0, 0.05) is 26.2 Å². The summed E-state index contributed by atoms with van der Waals surface area (Å²) in [5.41, 5.74) is 1.63. The maximum absolute atomic E-state index is 5.07. The van der Waals surface area contributed by atoms with Gasteiger partial charge in [-0.2, -0.15) is 0 Å². The lowest BCUT2D eigenvalue weighted by Crippen LogP contribution is -2.39. The largest absolute Gasteiger partial charge is 0.354 e. The van der Waals surface area contributed by atoms with Crippen molar-refractivity contribution in [1.29, 1.82) is 0 Å². The minimum absolute atomic E-state index is 0.335. The predicted molar refractivity (Wildman–Crippen MR) is 104 cm³/mol. The van der Waals surface area contributed by atoms with Crippen molar-refractivity contribution in [2.45, 2.75) is 65.8 Å². The molecule has 2 aliphatic heterocycles. The lowest BCUT2D eigenvalue weighted by molar-refractivity contribution is 0.354. The van der Waals surface area contributed by atoms with Crippen molar-refractivity contribution in [2.75, 3.05) is 41.5 Å². The summed E-state index contributed by atoms with van der Waals surface area (Å²) in [6.07, 6.45) is 6.37. The molecule has 1 aromatic heterocycles. The van der Waals surface area contributed by atoms with Crippen molar-refractivity contribution < 1.29 is 0 Å². The molecule has 0 radical (unpaired) electrons. The molecule has 1 fully saturated rings. The molecule has 3 heterocycles. The Morgan fingerprint density at radius 1 is 1.21 bits per heavy atom. The van der Waals surface area contributed by atoms with Gasteiger partial charge in [0.05, 0.1) is 12.4 Å². The predicted octanol–water partition coefficient (Wildman–Crippen LogP) is 4.50. The average Bonchev–Trinajstić information content (AvgIpc) is 2.89. The number of rotatable bonds is 5. The van der Waals surface area contributed by atoms with Gasteiger partial charge in [0.2, 0.25) is 0 Å². The van der Waals surface area contributed by atoms with E-state index in [2.05, 4.69) is 61.6 Å². The third kappa shape index (κ3) is 3.33. The Bertz CT molecular complexity index is 569. The highest BCUT2D eigenvalue weighted by Gasteiger charge is 2.30. The molecule has 4 nitrogen and oxygen atoms in total. The maximum Gasteiger partial charge on any atom is 0.155 e. The van der Waals surface area contributed by atoms with E-state index >= 15 is 0 Å². The van der Waals surface area contributed by atoms with Crippen LogP contribution in [0.1, 0.15) is 59.8 Å². The summed E-state index contributed by atoms with van der Waals surface area (Å²) in [4.78, 5) is 12.4. The summed E-state index contributed by atoms with van der Waals surface area (Å²) in [5.74, 6) is 2.32. The SMILES string of the molecule is CCC1CCCCN1c1ccc2c(n1)N(C)CN2CC(C)(C)CC. The summed E-state index contributed by atoms with van der Waals surface area (Å²) < 4.78 is 0. The van der Waals surface area contributed by atoms with E-state index in [0.29, 0.717) is 11.5 Å². The van der Waals surface area contributed by atoms with Gasteiger partial charge < -0.3 is 14.7 Å². The Morgan fingerprint density at radius 2 is 2.00 bits per heavy atom. The average molecular weight is 331 g/mol. The number of anilines is 3. The maximum atomic E-state index is 5.07. The van der Waals surface area contributed by atoms with E-state index < -0.39 is 0 Å². The molecule has 2 aliphatic rings. The number of hydrogen-bond acceptors (Lipinski definition) is 4. The van der Waals surface area contributed by atoms with Crippen LogP contribution in [0.5, 0.6) is 0 Å².